The molecule has 3 atom stereocenters. The minimum Gasteiger partial charge on any atom is -0.368 e. The maximum absolute atomic E-state index is 13.3. The maximum Gasteiger partial charge on any atom is 0.251 e. The molecule has 38 heavy (non-hydrogen) atoms. The Morgan fingerprint density at radius 3 is 2.37 bits per heavy atom. The van der Waals surface area contributed by atoms with Gasteiger partial charge in [0.05, 0.1) is 0 Å². The van der Waals surface area contributed by atoms with Crippen LogP contribution in [0.1, 0.15) is 119 Å². The van der Waals surface area contributed by atoms with Crippen molar-refractivity contribution in [2.75, 3.05) is 6.54 Å². The summed E-state index contributed by atoms with van der Waals surface area (Å²) < 4.78 is 0. The second-order valence-electron chi connectivity index (χ2n) is 11.2. The molecule has 0 bridgehead atoms. The minimum absolute atomic E-state index is 0.0254. The molecule has 208 valence electrons. The summed E-state index contributed by atoms with van der Waals surface area (Å²) in [6.07, 6.45) is 11.1. The predicted molar refractivity (Wildman–Crippen MR) is 165 cm³/mol. The first-order valence-electron chi connectivity index (χ1n) is 14.7. The molecule has 2 rings (SSSR count). The number of allylic oxidation sites excluding steroid dienone is 2. The summed E-state index contributed by atoms with van der Waals surface area (Å²) in [6, 6.07) is 14.7. The van der Waals surface area contributed by atoms with E-state index in [9.17, 15) is 4.79 Å². The van der Waals surface area contributed by atoms with Crippen molar-refractivity contribution < 1.29 is 4.79 Å². The van der Waals surface area contributed by atoms with E-state index in [1.54, 1.807) is 0 Å². The molecule has 2 aromatic carbocycles. The van der Waals surface area contributed by atoms with E-state index in [-0.39, 0.29) is 11.8 Å². The van der Waals surface area contributed by atoms with Crippen molar-refractivity contribution in [3.63, 3.8) is 0 Å². The number of hydrogen-bond donors (Lipinski definition) is 2. The molecule has 0 spiro atoms. The van der Waals surface area contributed by atoms with E-state index in [2.05, 4.69) is 109 Å². The topological polar surface area (TPSA) is 41.1 Å². The fourth-order valence-electron chi connectivity index (χ4n) is 4.95. The fraction of sp³-hybridized carbons (Fsp3) is 0.514. The Bertz CT molecular complexity index is 1080. The van der Waals surface area contributed by atoms with Gasteiger partial charge in [-0.1, -0.05) is 82.9 Å². The largest absolute Gasteiger partial charge is 0.368 e. The van der Waals surface area contributed by atoms with E-state index >= 15 is 0 Å². The average molecular weight is 517 g/mol. The van der Waals surface area contributed by atoms with Gasteiger partial charge >= 0.3 is 0 Å². The molecule has 0 aliphatic carbocycles. The standard InChI is InChI=1S/C35H52N2O/c1-9-14-30(20-19-25(4)10-2)24-37-35(38)32-17-13-16-31(21-32)34(28(7)23-36-22-26(5)11-3)33-18-12-15-27(6)29(33)8/h12-13,15-18,21-23,25,30,34,36H,9-11,14,19-20,24H2,1-8H3,(H,37,38)/b26-22+,28-23+. The average Bonchev–Trinajstić information content (AvgIpc) is 2.92. The lowest BCUT2D eigenvalue weighted by atomic mass is 9.82. The number of nitrogens with one attached hydrogen (secondary N) is 2. The molecular formula is C35H52N2O. The smallest absolute Gasteiger partial charge is 0.251 e. The molecule has 0 aliphatic heterocycles. The van der Waals surface area contributed by atoms with Gasteiger partial charge in [0, 0.05) is 24.2 Å². The van der Waals surface area contributed by atoms with Gasteiger partial charge in [0.2, 0.25) is 0 Å². The van der Waals surface area contributed by atoms with Gasteiger partial charge in [0.1, 0.15) is 0 Å². The Morgan fingerprint density at radius 1 is 0.947 bits per heavy atom. The molecule has 3 unspecified atom stereocenters. The molecule has 0 fully saturated rings. The van der Waals surface area contributed by atoms with E-state index in [0.717, 1.165) is 42.9 Å². The van der Waals surface area contributed by atoms with Gasteiger partial charge in [-0.3, -0.25) is 4.79 Å². The molecule has 2 aromatic rings. The van der Waals surface area contributed by atoms with E-state index in [4.69, 9.17) is 0 Å². The van der Waals surface area contributed by atoms with Crippen LogP contribution < -0.4 is 10.6 Å². The van der Waals surface area contributed by atoms with E-state index in [1.165, 1.54) is 47.1 Å². The van der Waals surface area contributed by atoms with Crippen LogP contribution >= 0.6 is 0 Å². The summed E-state index contributed by atoms with van der Waals surface area (Å²) in [5, 5.41) is 6.65. The maximum atomic E-state index is 13.3. The van der Waals surface area contributed by atoms with Crippen LogP contribution in [0.4, 0.5) is 0 Å². The number of carbonyl (C=O) groups is 1. The summed E-state index contributed by atoms with van der Waals surface area (Å²) in [4.78, 5) is 13.3. The molecule has 0 saturated carbocycles. The van der Waals surface area contributed by atoms with E-state index in [1.807, 2.05) is 12.1 Å². The second kappa shape index (κ2) is 16.2. The number of amides is 1. The van der Waals surface area contributed by atoms with Crippen molar-refractivity contribution in [1.29, 1.82) is 0 Å². The third-order valence-corrected chi connectivity index (χ3v) is 8.11. The van der Waals surface area contributed by atoms with Crippen molar-refractivity contribution in [1.82, 2.24) is 10.6 Å². The third-order valence-electron chi connectivity index (χ3n) is 8.11. The molecule has 0 aromatic heterocycles. The van der Waals surface area contributed by atoms with Crippen LogP contribution in [0.25, 0.3) is 0 Å². The van der Waals surface area contributed by atoms with Gasteiger partial charge in [0.15, 0.2) is 0 Å². The van der Waals surface area contributed by atoms with Crippen molar-refractivity contribution >= 4 is 5.91 Å². The first kappa shape index (κ1) is 31.4. The van der Waals surface area contributed by atoms with Gasteiger partial charge in [0.25, 0.3) is 5.91 Å². The molecule has 0 saturated heterocycles. The first-order chi connectivity index (χ1) is 18.2. The van der Waals surface area contributed by atoms with Crippen LogP contribution in [0.5, 0.6) is 0 Å². The number of benzene rings is 2. The Hall–Kier alpha value is -2.81. The van der Waals surface area contributed by atoms with Crippen LogP contribution in [0.15, 0.2) is 66.0 Å². The summed E-state index contributed by atoms with van der Waals surface area (Å²) in [5.74, 6) is 1.38. The SMILES string of the molecule is CCCC(CCC(C)CC)CNC(=O)c1cccc(C(/C(C)=C/N/C=C(\C)CC)c2cccc(C)c2C)c1. The van der Waals surface area contributed by atoms with Crippen molar-refractivity contribution in [2.24, 2.45) is 11.8 Å². The number of aryl methyl sites for hydroxylation is 1. The Labute approximate surface area is 233 Å². The second-order valence-corrected chi connectivity index (χ2v) is 11.2. The zero-order chi connectivity index (χ0) is 28.1. The van der Waals surface area contributed by atoms with E-state index < -0.39 is 0 Å². The molecule has 0 radical (unpaired) electrons. The summed E-state index contributed by atoms with van der Waals surface area (Å²) >= 11 is 0. The highest BCUT2D eigenvalue weighted by atomic mass is 16.1. The normalized spacial score (nSPS) is 14.6. The lowest BCUT2D eigenvalue weighted by molar-refractivity contribution is 0.0945. The van der Waals surface area contributed by atoms with Crippen LogP contribution in [0, 0.1) is 25.7 Å². The van der Waals surface area contributed by atoms with Crippen molar-refractivity contribution in [3.05, 3.63) is 93.8 Å². The molecule has 0 aliphatic rings. The zero-order valence-electron chi connectivity index (χ0n) is 25.3. The Balaban J connectivity index is 2.32. The molecular weight excluding hydrogens is 464 g/mol. The van der Waals surface area contributed by atoms with Gasteiger partial charge in [-0.2, -0.15) is 0 Å². The molecule has 2 N–H and O–H groups in total. The van der Waals surface area contributed by atoms with E-state index in [0.29, 0.717) is 5.92 Å². The van der Waals surface area contributed by atoms with Crippen LogP contribution in [-0.2, 0) is 0 Å². The third kappa shape index (κ3) is 9.49. The fourth-order valence-corrected chi connectivity index (χ4v) is 4.95. The lowest BCUT2D eigenvalue weighted by Gasteiger charge is -2.23. The first-order valence-corrected chi connectivity index (χ1v) is 14.7. The quantitative estimate of drug-likeness (QED) is 0.248. The van der Waals surface area contributed by atoms with Gasteiger partial charge in [-0.05, 0) is 105 Å². The van der Waals surface area contributed by atoms with Gasteiger partial charge < -0.3 is 10.6 Å². The highest BCUT2D eigenvalue weighted by Crippen LogP contribution is 2.35. The number of rotatable bonds is 15. The Morgan fingerprint density at radius 2 is 1.68 bits per heavy atom. The van der Waals surface area contributed by atoms with Crippen molar-refractivity contribution in [3.8, 4) is 0 Å². The predicted octanol–water partition coefficient (Wildman–Crippen LogP) is 9.21. The Kier molecular flexibility index (Phi) is 13.4. The summed E-state index contributed by atoms with van der Waals surface area (Å²) in [5.41, 5.74) is 8.25. The molecule has 0 heterocycles. The number of carbonyl (C=O) groups excluding carboxylic acids is 1. The van der Waals surface area contributed by atoms with Crippen LogP contribution in [0.2, 0.25) is 0 Å². The molecule has 1 amide bonds. The molecule has 3 heteroatoms. The van der Waals surface area contributed by atoms with Crippen LogP contribution in [0.3, 0.4) is 0 Å². The van der Waals surface area contributed by atoms with Gasteiger partial charge in [-0.25, -0.2) is 0 Å². The van der Waals surface area contributed by atoms with Crippen LogP contribution in [-0.4, -0.2) is 12.5 Å². The van der Waals surface area contributed by atoms with Gasteiger partial charge in [-0.15, -0.1) is 0 Å². The minimum atomic E-state index is 0.0254. The highest BCUT2D eigenvalue weighted by Gasteiger charge is 2.21. The molecule has 3 nitrogen and oxygen atoms in total. The lowest BCUT2D eigenvalue weighted by Crippen LogP contribution is -2.29. The summed E-state index contributed by atoms with van der Waals surface area (Å²) in [6.45, 7) is 18.4. The summed E-state index contributed by atoms with van der Waals surface area (Å²) in [7, 11) is 0. The van der Waals surface area contributed by atoms with Crippen molar-refractivity contribution in [2.45, 2.75) is 99.8 Å². The zero-order valence-corrected chi connectivity index (χ0v) is 25.3. The highest BCUT2D eigenvalue weighted by molar-refractivity contribution is 5.94. The monoisotopic (exact) mass is 516 g/mol. The number of hydrogen-bond acceptors (Lipinski definition) is 2.